The van der Waals surface area contributed by atoms with Crippen LogP contribution >= 0.6 is 0 Å². The number of ether oxygens (including phenoxy) is 1. The molecule has 1 amide bonds. The molecule has 0 unspecified atom stereocenters. The fourth-order valence-electron chi connectivity index (χ4n) is 2.33. The van der Waals surface area contributed by atoms with Crippen LogP contribution in [-0.4, -0.2) is 39.4 Å². The molecule has 32 heavy (non-hydrogen) atoms. The quantitative estimate of drug-likeness (QED) is 0.186. The normalized spacial score (nSPS) is 10.9. The lowest BCUT2D eigenvalue weighted by Crippen LogP contribution is -2.49. The van der Waals surface area contributed by atoms with Gasteiger partial charge in [-0.1, -0.05) is 0 Å². The second kappa shape index (κ2) is 11.4. The third-order valence-corrected chi connectivity index (χ3v) is 6.20. The summed E-state index contributed by atoms with van der Waals surface area (Å²) in [6.45, 7) is 2.78. The maximum atomic E-state index is 13.5. The Bertz CT molecular complexity index is 844. The maximum absolute atomic E-state index is 13.5. The highest BCUT2D eigenvalue weighted by Crippen LogP contribution is 2.29. The molecule has 0 aliphatic rings. The van der Waals surface area contributed by atoms with Gasteiger partial charge in [-0.3, -0.25) is 14.4 Å². The number of unbranched alkanes of at least 4 members (excludes halogenated alkanes) is 1. The van der Waals surface area contributed by atoms with Gasteiger partial charge in [0, 0.05) is 27.3 Å². The molecular formula is C17H18F5NO8Si. The Hall–Kier alpha value is -3.23. The summed E-state index contributed by atoms with van der Waals surface area (Å²) in [7, 11) is -4.07. The molecule has 9 nitrogen and oxygen atoms in total. The molecule has 178 valence electrons. The van der Waals surface area contributed by atoms with Crippen LogP contribution in [0.5, 0.6) is 5.75 Å². The molecule has 0 saturated heterocycles. The summed E-state index contributed by atoms with van der Waals surface area (Å²) in [6, 6.07) is -0.208. The number of nitrogens with one attached hydrogen (secondary N) is 1. The summed E-state index contributed by atoms with van der Waals surface area (Å²) in [6.07, 6.45) is -1.40. The Labute approximate surface area is 179 Å². The zero-order chi connectivity index (χ0) is 24.6. The van der Waals surface area contributed by atoms with Crippen molar-refractivity contribution in [3.8, 4) is 5.75 Å². The number of carbonyl (C=O) groups is 4. The molecule has 0 atom stereocenters. The van der Waals surface area contributed by atoms with Gasteiger partial charge < -0.3 is 23.3 Å². The van der Waals surface area contributed by atoms with Crippen LogP contribution in [0.25, 0.3) is 0 Å². The van der Waals surface area contributed by atoms with Gasteiger partial charge in [0.2, 0.25) is 34.8 Å². The standard InChI is InChI=1S/C17H18F5NO8Si/c1-8(24)29-32(30-9(2)25,31-10(3)26)7-5-4-6-23-17(27)28-16-14(21)12(19)11(18)13(20)15(16)22/h4-7H2,1-3H3,(H,23,27). The number of hydrogen-bond acceptors (Lipinski definition) is 8. The SMILES string of the molecule is CC(=O)O[Si](CCCCNC(=O)Oc1c(F)c(F)c(F)c(F)c1F)(OC(C)=O)OC(C)=O. The molecule has 0 spiro atoms. The number of halogens is 5. The van der Waals surface area contributed by atoms with Crippen molar-refractivity contribution in [1.29, 1.82) is 0 Å². The van der Waals surface area contributed by atoms with Crippen LogP contribution in [0.2, 0.25) is 6.04 Å². The van der Waals surface area contributed by atoms with Gasteiger partial charge in [-0.15, -0.1) is 0 Å². The zero-order valence-corrected chi connectivity index (χ0v) is 18.0. The summed E-state index contributed by atoms with van der Waals surface area (Å²) in [5.74, 6) is -16.0. The topological polar surface area (TPSA) is 117 Å². The summed E-state index contributed by atoms with van der Waals surface area (Å²) in [4.78, 5) is 45.6. The molecule has 1 N–H and O–H groups in total. The Kier molecular flexibility index (Phi) is 9.55. The highest BCUT2D eigenvalue weighted by atomic mass is 28.4. The molecule has 0 aromatic heterocycles. The minimum atomic E-state index is -4.07. The van der Waals surface area contributed by atoms with Crippen molar-refractivity contribution in [2.45, 2.75) is 39.7 Å². The fourth-order valence-corrected chi connectivity index (χ4v) is 4.76. The van der Waals surface area contributed by atoms with Gasteiger partial charge in [0.1, 0.15) is 0 Å². The van der Waals surface area contributed by atoms with E-state index < -0.39 is 67.6 Å². The molecule has 0 fully saturated rings. The average Bonchev–Trinajstić information content (AvgIpc) is 2.66. The smallest absolute Gasteiger partial charge is 0.455 e. The van der Waals surface area contributed by atoms with Gasteiger partial charge in [0.05, 0.1) is 6.04 Å². The van der Waals surface area contributed by atoms with Gasteiger partial charge >= 0.3 is 14.9 Å². The fraction of sp³-hybridized carbons (Fsp3) is 0.412. The largest absolute Gasteiger partial charge is 0.705 e. The van der Waals surface area contributed by atoms with Crippen molar-refractivity contribution < 1.29 is 59.1 Å². The molecule has 15 heteroatoms. The summed E-state index contributed by atoms with van der Waals surface area (Å²) in [5, 5.41) is 2.01. The molecule has 0 bridgehead atoms. The molecule has 1 aromatic rings. The van der Waals surface area contributed by atoms with Crippen molar-refractivity contribution in [2.75, 3.05) is 6.54 Å². The summed E-state index contributed by atoms with van der Waals surface area (Å²) >= 11 is 0. The zero-order valence-electron chi connectivity index (χ0n) is 17.0. The second-order valence-electron chi connectivity index (χ2n) is 6.14. The minimum absolute atomic E-state index is 0.0584. The van der Waals surface area contributed by atoms with Gasteiger partial charge in [-0.25, -0.2) is 18.0 Å². The van der Waals surface area contributed by atoms with E-state index in [4.69, 9.17) is 13.3 Å². The van der Waals surface area contributed by atoms with Crippen molar-refractivity contribution in [2.24, 2.45) is 0 Å². The highest BCUT2D eigenvalue weighted by Gasteiger charge is 2.51. The van der Waals surface area contributed by atoms with Crippen LogP contribution in [0.1, 0.15) is 33.6 Å². The Balaban J connectivity index is 2.70. The average molecular weight is 487 g/mol. The van der Waals surface area contributed by atoms with E-state index in [2.05, 4.69) is 4.74 Å². The first-order chi connectivity index (χ1) is 14.8. The van der Waals surface area contributed by atoms with Crippen molar-refractivity contribution in [3.05, 3.63) is 29.1 Å². The van der Waals surface area contributed by atoms with Gasteiger partial charge in [-0.05, 0) is 12.8 Å². The number of benzene rings is 1. The number of hydrogen-bond donors (Lipinski definition) is 1. The van der Waals surface area contributed by atoms with E-state index in [0.717, 1.165) is 20.8 Å². The molecule has 0 heterocycles. The molecule has 1 rings (SSSR count). The van der Waals surface area contributed by atoms with E-state index in [1.807, 2.05) is 5.32 Å². The van der Waals surface area contributed by atoms with Gasteiger partial charge in [0.25, 0.3) is 17.9 Å². The lowest BCUT2D eigenvalue weighted by molar-refractivity contribution is -0.147. The predicted octanol–water partition coefficient (Wildman–Crippen LogP) is 2.88. The van der Waals surface area contributed by atoms with E-state index >= 15 is 0 Å². The van der Waals surface area contributed by atoms with E-state index in [0.29, 0.717) is 0 Å². The molecule has 0 aliphatic heterocycles. The minimum Gasteiger partial charge on any atom is -0.455 e. The lowest BCUT2D eigenvalue weighted by Gasteiger charge is -2.26. The monoisotopic (exact) mass is 487 g/mol. The number of amides is 1. The third kappa shape index (κ3) is 7.47. The molecule has 1 aromatic carbocycles. The Morgan fingerprint density at radius 3 is 1.53 bits per heavy atom. The first-order valence-electron chi connectivity index (χ1n) is 8.85. The molecule has 0 saturated carbocycles. The van der Waals surface area contributed by atoms with Gasteiger partial charge in [0.15, 0.2) is 0 Å². The van der Waals surface area contributed by atoms with Gasteiger partial charge in [-0.2, -0.15) is 8.78 Å². The van der Waals surface area contributed by atoms with Crippen molar-refractivity contribution >= 4 is 32.8 Å². The van der Waals surface area contributed by atoms with Crippen molar-refractivity contribution in [1.82, 2.24) is 5.32 Å². The number of carbonyl (C=O) groups excluding carboxylic acids is 4. The molecule has 0 radical (unpaired) electrons. The van der Waals surface area contributed by atoms with E-state index in [1.54, 1.807) is 0 Å². The molecular weight excluding hydrogens is 469 g/mol. The lowest BCUT2D eigenvalue weighted by atomic mass is 10.2. The summed E-state index contributed by atoms with van der Waals surface area (Å²) < 4.78 is 85.2. The predicted molar refractivity (Wildman–Crippen MR) is 95.4 cm³/mol. The summed E-state index contributed by atoms with van der Waals surface area (Å²) in [5.41, 5.74) is 0. The van der Waals surface area contributed by atoms with Crippen LogP contribution in [-0.2, 0) is 27.7 Å². The van der Waals surface area contributed by atoms with Crippen LogP contribution in [0.3, 0.4) is 0 Å². The molecule has 0 aliphatic carbocycles. The van der Waals surface area contributed by atoms with Crippen LogP contribution in [0, 0.1) is 29.1 Å². The highest BCUT2D eigenvalue weighted by molar-refractivity contribution is 6.65. The second-order valence-corrected chi connectivity index (χ2v) is 8.61. The maximum Gasteiger partial charge on any atom is 0.705 e. The van der Waals surface area contributed by atoms with E-state index in [-0.39, 0.29) is 25.4 Å². The first kappa shape index (κ1) is 26.8. The van der Waals surface area contributed by atoms with E-state index in [1.165, 1.54) is 0 Å². The van der Waals surface area contributed by atoms with E-state index in [9.17, 15) is 41.1 Å². The van der Waals surface area contributed by atoms with Crippen molar-refractivity contribution in [3.63, 3.8) is 0 Å². The van der Waals surface area contributed by atoms with Crippen LogP contribution < -0.4 is 10.1 Å². The van der Waals surface area contributed by atoms with Crippen LogP contribution in [0.4, 0.5) is 26.7 Å². The Morgan fingerprint density at radius 1 is 0.719 bits per heavy atom. The Morgan fingerprint density at radius 2 is 1.12 bits per heavy atom. The third-order valence-electron chi connectivity index (χ3n) is 3.44. The number of rotatable bonds is 9. The first-order valence-corrected chi connectivity index (χ1v) is 10.8. The van der Waals surface area contributed by atoms with Crippen LogP contribution in [0.15, 0.2) is 0 Å².